The van der Waals surface area contributed by atoms with Crippen LogP contribution >= 0.6 is 0 Å². The molecule has 0 aliphatic heterocycles. The fraction of sp³-hybridized carbons (Fsp3) is 0.200. The largest absolute Gasteiger partial charge is 0.490 e. The zero-order valence-electron chi connectivity index (χ0n) is 14.0. The van der Waals surface area contributed by atoms with Gasteiger partial charge in [0.05, 0.1) is 18.2 Å². The highest BCUT2D eigenvalue weighted by Gasteiger charge is 2.10. The van der Waals surface area contributed by atoms with Crippen LogP contribution in [0.3, 0.4) is 0 Å². The fourth-order valence-electron chi connectivity index (χ4n) is 2.58. The molecule has 0 radical (unpaired) electrons. The monoisotopic (exact) mass is 335 g/mol. The van der Waals surface area contributed by atoms with Crippen LogP contribution in [0.2, 0.25) is 0 Å². The smallest absolute Gasteiger partial charge is 0.336 e. The number of rotatable bonds is 5. The average molecular weight is 335 g/mol. The first-order valence-corrected chi connectivity index (χ1v) is 7.94. The summed E-state index contributed by atoms with van der Waals surface area (Å²) in [6, 6.07) is 14.2. The molecule has 0 atom stereocenters. The Bertz CT molecular complexity index is 1010. The van der Waals surface area contributed by atoms with Gasteiger partial charge in [-0.1, -0.05) is 12.1 Å². The normalized spacial score (nSPS) is 10.4. The second-order valence-corrected chi connectivity index (χ2v) is 5.59. The van der Waals surface area contributed by atoms with Crippen LogP contribution in [0.15, 0.2) is 51.7 Å². The summed E-state index contributed by atoms with van der Waals surface area (Å²) in [7, 11) is 0. The molecule has 0 fully saturated rings. The van der Waals surface area contributed by atoms with Crippen molar-refractivity contribution in [1.82, 2.24) is 0 Å². The highest BCUT2D eigenvalue weighted by molar-refractivity contribution is 5.80. The van der Waals surface area contributed by atoms with Crippen molar-refractivity contribution in [2.45, 2.75) is 20.5 Å². The highest BCUT2D eigenvalue weighted by atomic mass is 16.5. The van der Waals surface area contributed by atoms with Crippen LogP contribution in [0, 0.1) is 18.3 Å². The van der Waals surface area contributed by atoms with Gasteiger partial charge in [0.15, 0.2) is 11.5 Å². The molecule has 5 nitrogen and oxygen atoms in total. The standard InChI is InChI=1S/C20H17NO4/c1-3-23-19-9-14(11-21)5-7-17(19)24-12-15-10-20(22)25-18-8-13(2)4-6-16(15)18/h4-10H,3,12H2,1-2H3. The van der Waals surface area contributed by atoms with Crippen molar-refractivity contribution in [3.63, 3.8) is 0 Å². The summed E-state index contributed by atoms with van der Waals surface area (Å²) in [5.74, 6) is 1.03. The first-order chi connectivity index (χ1) is 12.1. The number of fused-ring (bicyclic) bond motifs is 1. The van der Waals surface area contributed by atoms with Crippen molar-refractivity contribution in [3.8, 4) is 17.6 Å². The topological polar surface area (TPSA) is 72.5 Å². The molecule has 2 aromatic carbocycles. The summed E-state index contributed by atoms with van der Waals surface area (Å²) in [5.41, 5.74) is 2.37. The molecular formula is C20H17NO4. The molecule has 3 rings (SSSR count). The minimum Gasteiger partial charge on any atom is -0.490 e. The number of nitrogens with zero attached hydrogens (tertiary/aromatic N) is 1. The van der Waals surface area contributed by atoms with Crippen LogP contribution in [-0.2, 0) is 6.61 Å². The Morgan fingerprint density at radius 1 is 1.08 bits per heavy atom. The van der Waals surface area contributed by atoms with Crippen molar-refractivity contribution in [2.75, 3.05) is 6.61 Å². The van der Waals surface area contributed by atoms with E-state index in [1.54, 1.807) is 18.2 Å². The van der Waals surface area contributed by atoms with Gasteiger partial charge in [0.2, 0.25) is 0 Å². The molecule has 0 saturated carbocycles. The van der Waals surface area contributed by atoms with Crippen LogP contribution in [0.4, 0.5) is 0 Å². The zero-order valence-corrected chi connectivity index (χ0v) is 14.0. The Kier molecular flexibility index (Phi) is 4.71. The summed E-state index contributed by atoms with van der Waals surface area (Å²) < 4.78 is 16.6. The van der Waals surface area contributed by atoms with Crippen molar-refractivity contribution >= 4 is 11.0 Å². The number of nitriles is 1. The number of hydrogen-bond acceptors (Lipinski definition) is 5. The Morgan fingerprint density at radius 3 is 2.68 bits per heavy atom. The number of ether oxygens (including phenoxy) is 2. The van der Waals surface area contributed by atoms with E-state index in [-0.39, 0.29) is 6.61 Å². The van der Waals surface area contributed by atoms with E-state index >= 15 is 0 Å². The minimum atomic E-state index is -0.415. The highest BCUT2D eigenvalue weighted by Crippen LogP contribution is 2.29. The average Bonchev–Trinajstić information content (AvgIpc) is 2.60. The molecule has 3 aromatic rings. The molecule has 25 heavy (non-hydrogen) atoms. The molecule has 1 heterocycles. The maximum absolute atomic E-state index is 11.8. The van der Waals surface area contributed by atoms with Gasteiger partial charge in [-0.15, -0.1) is 0 Å². The number of aryl methyl sites for hydroxylation is 1. The summed E-state index contributed by atoms with van der Waals surface area (Å²) in [4.78, 5) is 11.8. The van der Waals surface area contributed by atoms with Gasteiger partial charge in [-0.3, -0.25) is 0 Å². The van der Waals surface area contributed by atoms with Gasteiger partial charge in [-0.05, 0) is 37.6 Å². The summed E-state index contributed by atoms with van der Waals surface area (Å²) in [5, 5.41) is 9.84. The predicted octanol–water partition coefficient (Wildman–Crippen LogP) is 3.95. The molecule has 0 amide bonds. The molecule has 5 heteroatoms. The van der Waals surface area contributed by atoms with E-state index in [0.29, 0.717) is 29.3 Å². The lowest BCUT2D eigenvalue weighted by Crippen LogP contribution is -2.05. The Balaban J connectivity index is 1.93. The van der Waals surface area contributed by atoms with Gasteiger partial charge in [0, 0.05) is 23.1 Å². The lowest BCUT2D eigenvalue weighted by Gasteiger charge is -2.13. The van der Waals surface area contributed by atoms with Gasteiger partial charge in [-0.2, -0.15) is 5.26 Å². The third-order valence-corrected chi connectivity index (χ3v) is 3.74. The van der Waals surface area contributed by atoms with Crippen molar-refractivity contribution in [1.29, 1.82) is 5.26 Å². The third-order valence-electron chi connectivity index (χ3n) is 3.74. The molecule has 0 aliphatic rings. The number of benzene rings is 2. The van der Waals surface area contributed by atoms with Crippen molar-refractivity contribution in [2.24, 2.45) is 0 Å². The van der Waals surface area contributed by atoms with E-state index in [9.17, 15) is 4.79 Å². The second-order valence-electron chi connectivity index (χ2n) is 5.59. The lowest BCUT2D eigenvalue weighted by molar-refractivity contribution is 0.269. The fourth-order valence-corrected chi connectivity index (χ4v) is 2.58. The maximum atomic E-state index is 11.8. The van der Waals surface area contributed by atoms with E-state index < -0.39 is 5.63 Å². The summed E-state index contributed by atoms with van der Waals surface area (Å²) >= 11 is 0. The van der Waals surface area contributed by atoms with Gasteiger partial charge in [0.25, 0.3) is 0 Å². The molecule has 1 aromatic heterocycles. The van der Waals surface area contributed by atoms with E-state index in [1.807, 2.05) is 32.0 Å². The Morgan fingerprint density at radius 2 is 1.92 bits per heavy atom. The molecule has 0 saturated heterocycles. The molecule has 0 aliphatic carbocycles. The molecule has 0 bridgehead atoms. The van der Waals surface area contributed by atoms with Crippen LogP contribution in [0.5, 0.6) is 11.5 Å². The van der Waals surface area contributed by atoms with Crippen molar-refractivity contribution in [3.05, 3.63) is 69.6 Å². The maximum Gasteiger partial charge on any atom is 0.336 e. The van der Waals surface area contributed by atoms with Crippen LogP contribution in [0.1, 0.15) is 23.6 Å². The zero-order chi connectivity index (χ0) is 17.8. The van der Waals surface area contributed by atoms with E-state index in [1.165, 1.54) is 6.07 Å². The molecule has 0 N–H and O–H groups in total. The van der Waals surface area contributed by atoms with E-state index in [4.69, 9.17) is 19.2 Å². The third kappa shape index (κ3) is 3.64. The van der Waals surface area contributed by atoms with Gasteiger partial charge in [-0.25, -0.2) is 4.79 Å². The molecule has 0 spiro atoms. The summed E-state index contributed by atoms with van der Waals surface area (Å²) in [6.07, 6.45) is 0. The Hall–Kier alpha value is -3.26. The predicted molar refractivity (Wildman–Crippen MR) is 93.9 cm³/mol. The van der Waals surface area contributed by atoms with Gasteiger partial charge >= 0.3 is 5.63 Å². The quantitative estimate of drug-likeness (QED) is 0.660. The van der Waals surface area contributed by atoms with Crippen LogP contribution in [-0.4, -0.2) is 6.61 Å². The number of hydrogen-bond donors (Lipinski definition) is 0. The second kappa shape index (κ2) is 7.10. The first-order valence-electron chi connectivity index (χ1n) is 7.94. The van der Waals surface area contributed by atoms with Gasteiger partial charge < -0.3 is 13.9 Å². The molecule has 126 valence electrons. The van der Waals surface area contributed by atoms with Crippen molar-refractivity contribution < 1.29 is 13.9 Å². The SMILES string of the molecule is CCOc1cc(C#N)ccc1OCc1cc(=O)oc2cc(C)ccc12. The Labute approximate surface area is 145 Å². The lowest BCUT2D eigenvalue weighted by atomic mass is 10.1. The molecular weight excluding hydrogens is 318 g/mol. The first kappa shape index (κ1) is 16.6. The van der Waals surface area contributed by atoms with E-state index in [0.717, 1.165) is 16.5 Å². The van der Waals surface area contributed by atoms with Crippen LogP contribution in [0.25, 0.3) is 11.0 Å². The molecule has 0 unspecified atom stereocenters. The van der Waals surface area contributed by atoms with E-state index in [2.05, 4.69) is 6.07 Å². The summed E-state index contributed by atoms with van der Waals surface area (Å²) in [6.45, 7) is 4.45. The van der Waals surface area contributed by atoms with Gasteiger partial charge in [0.1, 0.15) is 12.2 Å². The minimum absolute atomic E-state index is 0.192. The van der Waals surface area contributed by atoms with Crippen LogP contribution < -0.4 is 15.1 Å².